The molecule has 1 amide bonds. The molecule has 5 rings (SSSR count). The summed E-state index contributed by atoms with van der Waals surface area (Å²) in [5, 5.41) is 20.4. The number of aromatic nitrogens is 2. The maximum atomic E-state index is 16.2. The van der Waals surface area contributed by atoms with Gasteiger partial charge in [-0.15, -0.1) is 0 Å². The lowest BCUT2D eigenvalue weighted by molar-refractivity contribution is -0.143. The summed E-state index contributed by atoms with van der Waals surface area (Å²) in [5.41, 5.74) is -1.63. The minimum absolute atomic E-state index is 0.0145. The van der Waals surface area contributed by atoms with Gasteiger partial charge in [-0.1, -0.05) is 43.9 Å². The first-order valence-corrected chi connectivity index (χ1v) is 19.4. The largest absolute Gasteiger partial charge is 0.480 e. The molecule has 0 radical (unpaired) electrons. The first-order chi connectivity index (χ1) is 21.9. The molecule has 2 fully saturated rings. The second kappa shape index (κ2) is 12.8. The number of carbonyl (C=O) groups excluding carboxylic acids is 1. The molecule has 2 N–H and O–H groups in total. The van der Waals surface area contributed by atoms with Crippen LogP contribution in [0.15, 0.2) is 30.3 Å². The van der Waals surface area contributed by atoms with Crippen LogP contribution in [0.5, 0.6) is 6.01 Å². The number of aliphatic hydroxyl groups is 1. The van der Waals surface area contributed by atoms with Crippen LogP contribution in [0.3, 0.4) is 0 Å². The van der Waals surface area contributed by atoms with Gasteiger partial charge in [-0.05, 0) is 57.2 Å². The van der Waals surface area contributed by atoms with E-state index in [1.165, 1.54) is 16.7 Å². The molecule has 2 aromatic carbocycles. The predicted octanol–water partition coefficient (Wildman–Crippen LogP) is 6.45. The zero-order valence-electron chi connectivity index (χ0n) is 27.5. The molecule has 1 aliphatic carbocycles. The van der Waals surface area contributed by atoms with Gasteiger partial charge in [0.25, 0.3) is 6.01 Å². The van der Waals surface area contributed by atoms with Crippen molar-refractivity contribution in [2.24, 2.45) is 0 Å². The van der Waals surface area contributed by atoms with E-state index in [-0.39, 0.29) is 34.9 Å². The third-order valence-electron chi connectivity index (χ3n) is 8.52. The smallest absolute Gasteiger partial charge is 0.411 e. The fourth-order valence-electron chi connectivity index (χ4n) is 5.73. The van der Waals surface area contributed by atoms with E-state index < -0.39 is 67.8 Å². The van der Waals surface area contributed by atoms with Crippen LogP contribution < -0.4 is 4.74 Å². The molecule has 0 spiro atoms. The van der Waals surface area contributed by atoms with Crippen LogP contribution >= 0.6 is 0 Å². The number of hydrogen-bond acceptors (Lipinski definition) is 7. The maximum absolute atomic E-state index is 16.2. The lowest BCUT2D eigenvalue weighted by atomic mass is 9.75. The van der Waals surface area contributed by atoms with Gasteiger partial charge >= 0.3 is 12.1 Å². The summed E-state index contributed by atoms with van der Waals surface area (Å²) in [5.74, 6) is -3.46. The highest BCUT2D eigenvalue weighted by molar-refractivity contribution is 6.76. The van der Waals surface area contributed by atoms with Gasteiger partial charge in [-0.2, -0.15) is 4.98 Å². The Morgan fingerprint density at radius 1 is 1.13 bits per heavy atom. The molecule has 256 valence electrons. The minimum Gasteiger partial charge on any atom is -0.480 e. The summed E-state index contributed by atoms with van der Waals surface area (Å²) in [6.45, 7) is 10.9. The Bertz CT molecular complexity index is 1650. The second-order valence-electron chi connectivity index (χ2n) is 14.6. The van der Waals surface area contributed by atoms with E-state index in [0.29, 0.717) is 25.0 Å². The first kappa shape index (κ1) is 34.7. The molecule has 3 atom stereocenters. The molecule has 2 aliphatic rings. The summed E-state index contributed by atoms with van der Waals surface area (Å²) >= 11 is 0. The van der Waals surface area contributed by atoms with Crippen LogP contribution in [0.4, 0.5) is 18.0 Å². The molecule has 3 aromatic rings. The number of nitrogens with zero attached hydrogens (tertiary/aromatic N) is 3. The quantitative estimate of drug-likeness (QED) is 0.185. The Morgan fingerprint density at radius 2 is 1.79 bits per heavy atom. The van der Waals surface area contributed by atoms with E-state index in [0.717, 1.165) is 23.4 Å². The van der Waals surface area contributed by atoms with Crippen LogP contribution in [0.25, 0.3) is 22.2 Å². The number of aliphatic carboxylic acids is 1. The van der Waals surface area contributed by atoms with Gasteiger partial charge in [0, 0.05) is 20.7 Å². The summed E-state index contributed by atoms with van der Waals surface area (Å²) in [6.07, 6.45) is -2.61. The molecular weight excluding hydrogens is 635 g/mol. The number of alkyl halides is 1. The number of likely N-dealkylation sites (tertiary alicyclic amines) is 1. The van der Waals surface area contributed by atoms with Crippen LogP contribution in [0, 0.1) is 11.6 Å². The Kier molecular flexibility index (Phi) is 9.43. The van der Waals surface area contributed by atoms with Crippen LogP contribution in [0.2, 0.25) is 25.7 Å². The molecule has 2 heterocycles. The number of rotatable bonds is 10. The molecular formula is C33H42F3N3O7Si. The van der Waals surface area contributed by atoms with Gasteiger partial charge in [0.1, 0.15) is 23.7 Å². The number of imidazole rings is 1. The lowest BCUT2D eigenvalue weighted by Gasteiger charge is -2.37. The highest BCUT2D eigenvalue weighted by Crippen LogP contribution is 2.42. The molecule has 1 aliphatic heterocycles. The predicted molar refractivity (Wildman–Crippen MR) is 171 cm³/mol. The average Bonchev–Trinajstić information content (AvgIpc) is 3.46. The van der Waals surface area contributed by atoms with E-state index in [9.17, 15) is 19.8 Å². The van der Waals surface area contributed by atoms with Crippen molar-refractivity contribution < 1.29 is 47.2 Å². The van der Waals surface area contributed by atoms with Crippen molar-refractivity contribution in [3.05, 3.63) is 47.5 Å². The van der Waals surface area contributed by atoms with Gasteiger partial charge in [0.05, 0.1) is 23.2 Å². The summed E-state index contributed by atoms with van der Waals surface area (Å²) < 4.78 is 65.8. The molecule has 47 heavy (non-hydrogen) atoms. The van der Waals surface area contributed by atoms with Crippen LogP contribution in [-0.4, -0.2) is 81.9 Å². The number of fused-ring (bicyclic) bond motifs is 1. The van der Waals surface area contributed by atoms with Crippen molar-refractivity contribution in [1.29, 1.82) is 0 Å². The highest BCUT2D eigenvalue weighted by Gasteiger charge is 2.52. The Morgan fingerprint density at radius 3 is 2.34 bits per heavy atom. The molecule has 0 unspecified atom stereocenters. The van der Waals surface area contributed by atoms with Gasteiger partial charge in [-0.25, -0.2) is 22.8 Å². The molecule has 1 saturated carbocycles. The third-order valence-corrected chi connectivity index (χ3v) is 10.2. The number of carboxylic acid groups (broad SMARTS) is 1. The maximum Gasteiger partial charge on any atom is 0.411 e. The summed E-state index contributed by atoms with van der Waals surface area (Å²) in [6, 6.07) is 6.04. The SMILES string of the molecule is CC(C)(C)OC(=O)N1C[C@@H](Oc2nc3c(F)c(-c4ccc(C5(O)CCC5)cc4)c(F)cc3n2COCC[Si](C)(C)C)[C@@H](F)[C@H]1C(=O)O. The number of benzene rings is 2. The Hall–Kier alpha value is -3.62. The zero-order valence-corrected chi connectivity index (χ0v) is 28.5. The van der Waals surface area contributed by atoms with Crippen molar-refractivity contribution in [3.8, 4) is 17.1 Å². The monoisotopic (exact) mass is 677 g/mol. The van der Waals surface area contributed by atoms with Crippen molar-refractivity contribution in [1.82, 2.24) is 14.5 Å². The number of halogens is 3. The Labute approximate surface area is 272 Å². The van der Waals surface area contributed by atoms with E-state index >= 15 is 13.2 Å². The third kappa shape index (κ3) is 7.29. The normalized spacial score (nSPS) is 21.1. The minimum atomic E-state index is -2.19. The second-order valence-corrected chi connectivity index (χ2v) is 20.2. The van der Waals surface area contributed by atoms with Gasteiger partial charge < -0.3 is 24.4 Å². The van der Waals surface area contributed by atoms with Gasteiger partial charge in [-0.3, -0.25) is 9.47 Å². The van der Waals surface area contributed by atoms with Crippen LogP contribution in [0.1, 0.15) is 45.6 Å². The molecule has 0 bridgehead atoms. The summed E-state index contributed by atoms with van der Waals surface area (Å²) in [4.78, 5) is 29.8. The van der Waals surface area contributed by atoms with Crippen molar-refractivity contribution in [3.63, 3.8) is 0 Å². The van der Waals surface area contributed by atoms with E-state index in [2.05, 4.69) is 24.6 Å². The molecule has 14 heteroatoms. The molecule has 10 nitrogen and oxygen atoms in total. The van der Waals surface area contributed by atoms with E-state index in [1.807, 2.05) is 0 Å². The topological polar surface area (TPSA) is 123 Å². The number of carbonyl (C=O) groups is 2. The number of ether oxygens (including phenoxy) is 3. The number of hydrogen-bond donors (Lipinski definition) is 2. The molecule has 1 aromatic heterocycles. The first-order valence-electron chi connectivity index (χ1n) is 15.7. The van der Waals surface area contributed by atoms with Crippen LogP contribution in [-0.2, 0) is 26.6 Å². The number of carboxylic acids is 1. The summed E-state index contributed by atoms with van der Waals surface area (Å²) in [7, 11) is -1.49. The standard InChI is InChI=1S/C33H42F3N3O7Si/c1-32(2,3)46-31(42)38-17-23(25(35)28(38)29(40)41)45-30-37-27-22(39(30)18-44-14-15-47(4,5)6)16-21(34)24(26(27)36)19-8-10-20(11-9-19)33(43)12-7-13-33/h8-11,16,23,25,28,43H,7,12-15,17-18H2,1-6H3,(H,40,41)/t23-,25-,28+/m1/s1. The number of amides is 1. The van der Waals surface area contributed by atoms with E-state index in [4.69, 9.17) is 14.2 Å². The average molecular weight is 678 g/mol. The molecule has 1 saturated heterocycles. The van der Waals surface area contributed by atoms with E-state index in [1.54, 1.807) is 32.9 Å². The van der Waals surface area contributed by atoms with Crippen molar-refractivity contribution in [2.75, 3.05) is 13.2 Å². The fourth-order valence-corrected chi connectivity index (χ4v) is 6.48. The highest BCUT2D eigenvalue weighted by atomic mass is 28.3. The Balaban J connectivity index is 1.50. The van der Waals surface area contributed by atoms with Crippen molar-refractivity contribution >= 4 is 31.2 Å². The van der Waals surface area contributed by atoms with Crippen molar-refractivity contribution in [2.45, 2.75) is 102 Å². The zero-order chi connectivity index (χ0) is 34.5. The lowest BCUT2D eigenvalue weighted by Crippen LogP contribution is -2.46. The van der Waals surface area contributed by atoms with Gasteiger partial charge in [0.15, 0.2) is 24.1 Å². The fraction of sp³-hybridized carbons (Fsp3) is 0.545. The van der Waals surface area contributed by atoms with Gasteiger partial charge in [0.2, 0.25) is 0 Å².